The van der Waals surface area contributed by atoms with E-state index in [2.05, 4.69) is 4.74 Å². The van der Waals surface area contributed by atoms with Crippen molar-refractivity contribution in [1.82, 2.24) is 9.55 Å². The van der Waals surface area contributed by atoms with Crippen molar-refractivity contribution in [3.05, 3.63) is 37.8 Å². The normalized spacial score (nSPS) is 20.3. The van der Waals surface area contributed by atoms with E-state index in [0.717, 1.165) is 0 Å². The van der Waals surface area contributed by atoms with Gasteiger partial charge in [-0.15, -0.1) is 13.2 Å². The van der Waals surface area contributed by atoms with E-state index in [1.807, 2.05) is 4.98 Å². The number of nitrogens with two attached hydrogens (primary N) is 1. The molecule has 1 aromatic heterocycles. The predicted molar refractivity (Wildman–Crippen MR) is 107 cm³/mol. The number of aryl methyl sites for hydroxylation is 1. The molecule has 2 aromatic rings. The number of ether oxygens (including phenoxy) is 1. The zero-order valence-corrected chi connectivity index (χ0v) is 17.5. The van der Waals surface area contributed by atoms with Gasteiger partial charge < -0.3 is 10.6 Å². The van der Waals surface area contributed by atoms with E-state index in [9.17, 15) is 31.5 Å². The number of aromatic amines is 1. The molecule has 7 nitrogen and oxygen atoms in total. The van der Waals surface area contributed by atoms with Crippen LogP contribution in [0.4, 0.5) is 32.0 Å². The smallest absolute Gasteiger partial charge is 0.369 e. The van der Waals surface area contributed by atoms with Crippen molar-refractivity contribution >= 4 is 16.6 Å². The Hall–Kier alpha value is -2.54. The number of alkyl halides is 5. The number of anilines is 1. The lowest BCUT2D eigenvalue weighted by Crippen LogP contribution is -2.38. The fraction of sp³-hybridized carbons (Fsp3) is 0.600. The van der Waals surface area contributed by atoms with Gasteiger partial charge in [-0.3, -0.25) is 19.1 Å². The van der Waals surface area contributed by atoms with Crippen LogP contribution in [0.5, 0.6) is 0 Å². The van der Waals surface area contributed by atoms with E-state index < -0.39 is 59.4 Å². The molecule has 2 unspecified atom stereocenters. The van der Waals surface area contributed by atoms with Crippen LogP contribution in [0.1, 0.15) is 42.9 Å². The Morgan fingerprint density at radius 2 is 1.88 bits per heavy atom. The standard InChI is InChI=1S/C20H22F6N4O3/c1-8-15-13(18(31)28-19(32)30(15)10-2-3-10)12(17(22)23)14(21)16(8)29-5-4-9(6-29)11(27)7-33-20(24,25)26/h9-11,17H,2-7,27H2,1H3,(H,28,31,32). The molecule has 0 amide bonds. The molecule has 0 bridgehead atoms. The lowest BCUT2D eigenvalue weighted by atomic mass is 10.00. The van der Waals surface area contributed by atoms with Crippen LogP contribution in [0.15, 0.2) is 9.59 Å². The van der Waals surface area contributed by atoms with Crippen molar-refractivity contribution in [2.24, 2.45) is 11.7 Å². The molecule has 0 spiro atoms. The fourth-order valence-electron chi connectivity index (χ4n) is 4.61. The van der Waals surface area contributed by atoms with E-state index in [0.29, 0.717) is 12.8 Å². The number of halogens is 6. The topological polar surface area (TPSA) is 93.3 Å². The average Bonchev–Trinajstić information content (AvgIpc) is 3.42. The first-order valence-electron chi connectivity index (χ1n) is 10.4. The van der Waals surface area contributed by atoms with Gasteiger partial charge in [-0.05, 0) is 32.1 Å². The highest BCUT2D eigenvalue weighted by atomic mass is 19.4. The van der Waals surface area contributed by atoms with Crippen molar-refractivity contribution < 1.29 is 31.1 Å². The van der Waals surface area contributed by atoms with Crippen molar-refractivity contribution in [3.63, 3.8) is 0 Å². The summed E-state index contributed by atoms with van der Waals surface area (Å²) < 4.78 is 85.4. The van der Waals surface area contributed by atoms with Gasteiger partial charge in [-0.1, -0.05) is 0 Å². The number of H-pyrrole nitrogens is 1. The molecule has 2 atom stereocenters. The summed E-state index contributed by atoms with van der Waals surface area (Å²) in [5.41, 5.74) is 2.75. The molecule has 1 aliphatic carbocycles. The number of nitrogens with zero attached hydrogens (tertiary/aromatic N) is 2. The summed E-state index contributed by atoms with van der Waals surface area (Å²) in [6.07, 6.45) is -6.68. The maximum Gasteiger partial charge on any atom is 0.522 e. The van der Waals surface area contributed by atoms with Gasteiger partial charge in [0.25, 0.3) is 12.0 Å². The Morgan fingerprint density at radius 3 is 2.45 bits per heavy atom. The van der Waals surface area contributed by atoms with Gasteiger partial charge in [-0.25, -0.2) is 18.0 Å². The van der Waals surface area contributed by atoms with Crippen LogP contribution in [-0.2, 0) is 4.74 Å². The summed E-state index contributed by atoms with van der Waals surface area (Å²) in [6, 6.07) is -1.30. The quantitative estimate of drug-likeness (QED) is 0.620. The number of hydrogen-bond donors (Lipinski definition) is 2. The van der Waals surface area contributed by atoms with Crippen molar-refractivity contribution in [2.75, 3.05) is 24.6 Å². The van der Waals surface area contributed by atoms with Crippen LogP contribution < -0.4 is 21.9 Å². The van der Waals surface area contributed by atoms with Crippen molar-refractivity contribution in [1.29, 1.82) is 0 Å². The van der Waals surface area contributed by atoms with Crippen molar-refractivity contribution in [2.45, 2.75) is 51.1 Å². The lowest BCUT2D eigenvalue weighted by Gasteiger charge is -2.26. The second-order valence-electron chi connectivity index (χ2n) is 8.50. The molecule has 1 aliphatic heterocycles. The van der Waals surface area contributed by atoms with Crippen LogP contribution in [0, 0.1) is 18.7 Å². The zero-order chi connectivity index (χ0) is 24.2. The third kappa shape index (κ3) is 4.35. The Kier molecular flexibility index (Phi) is 5.97. The molecule has 0 radical (unpaired) electrons. The predicted octanol–water partition coefficient (Wildman–Crippen LogP) is 3.10. The molecule has 1 aromatic carbocycles. The van der Waals surface area contributed by atoms with Crippen LogP contribution in [0.3, 0.4) is 0 Å². The number of nitrogens with one attached hydrogen (secondary N) is 1. The number of hydrogen-bond acceptors (Lipinski definition) is 5. The molecule has 1 saturated carbocycles. The maximum atomic E-state index is 15.5. The second kappa shape index (κ2) is 8.35. The molecule has 2 heterocycles. The molecule has 2 fully saturated rings. The SMILES string of the molecule is Cc1c(N2CCC(C(N)COC(F)(F)F)C2)c(F)c(C(F)F)c2c(=O)[nH]c(=O)n(C3CC3)c12. The summed E-state index contributed by atoms with van der Waals surface area (Å²) in [5.74, 6) is -1.80. The Bertz CT molecular complexity index is 1190. The fourth-order valence-corrected chi connectivity index (χ4v) is 4.61. The first kappa shape index (κ1) is 23.6. The summed E-state index contributed by atoms with van der Waals surface area (Å²) in [4.78, 5) is 28.4. The van der Waals surface area contributed by atoms with Gasteiger partial charge in [0.15, 0.2) is 5.82 Å². The third-order valence-electron chi connectivity index (χ3n) is 6.28. The minimum atomic E-state index is -4.84. The largest absolute Gasteiger partial charge is 0.522 e. The summed E-state index contributed by atoms with van der Waals surface area (Å²) >= 11 is 0. The van der Waals surface area contributed by atoms with Gasteiger partial charge in [0.05, 0.1) is 28.8 Å². The molecular formula is C20H22F6N4O3. The highest BCUT2D eigenvalue weighted by Crippen LogP contribution is 2.43. The number of benzene rings is 1. The first-order chi connectivity index (χ1) is 15.4. The Morgan fingerprint density at radius 1 is 1.21 bits per heavy atom. The molecular weight excluding hydrogens is 458 g/mol. The van der Waals surface area contributed by atoms with Crippen LogP contribution in [0.2, 0.25) is 0 Å². The molecule has 33 heavy (non-hydrogen) atoms. The third-order valence-corrected chi connectivity index (χ3v) is 6.28. The average molecular weight is 480 g/mol. The van der Waals surface area contributed by atoms with Gasteiger partial charge in [0, 0.05) is 30.7 Å². The number of rotatable bonds is 6. The highest BCUT2D eigenvalue weighted by molar-refractivity contribution is 5.90. The Labute approximate surface area is 183 Å². The minimum absolute atomic E-state index is 0.00514. The zero-order valence-electron chi connectivity index (χ0n) is 17.5. The van der Waals surface area contributed by atoms with E-state index >= 15 is 4.39 Å². The van der Waals surface area contributed by atoms with Gasteiger partial charge in [0.1, 0.15) is 0 Å². The molecule has 182 valence electrons. The molecule has 13 heteroatoms. The van der Waals surface area contributed by atoms with E-state index in [4.69, 9.17) is 5.73 Å². The molecule has 1 saturated heterocycles. The summed E-state index contributed by atoms with van der Waals surface area (Å²) in [5, 5.41) is -0.568. The van der Waals surface area contributed by atoms with Crippen LogP contribution in [0.25, 0.3) is 10.9 Å². The monoisotopic (exact) mass is 480 g/mol. The number of fused-ring (bicyclic) bond motifs is 1. The van der Waals surface area contributed by atoms with Crippen molar-refractivity contribution in [3.8, 4) is 0 Å². The van der Waals surface area contributed by atoms with Crippen LogP contribution >= 0.6 is 0 Å². The lowest BCUT2D eigenvalue weighted by molar-refractivity contribution is -0.326. The summed E-state index contributed by atoms with van der Waals surface area (Å²) in [7, 11) is 0. The van der Waals surface area contributed by atoms with Gasteiger partial charge in [-0.2, -0.15) is 0 Å². The maximum absolute atomic E-state index is 15.5. The number of aromatic nitrogens is 2. The molecule has 3 N–H and O–H groups in total. The first-order valence-corrected chi connectivity index (χ1v) is 10.4. The summed E-state index contributed by atoms with van der Waals surface area (Å²) in [6.45, 7) is 0.798. The van der Waals surface area contributed by atoms with Gasteiger partial charge in [0.2, 0.25) is 0 Å². The van der Waals surface area contributed by atoms with E-state index in [1.165, 1.54) is 16.4 Å². The van der Waals surface area contributed by atoms with Crippen LogP contribution in [-0.4, -0.2) is 41.7 Å². The van der Waals surface area contributed by atoms with E-state index in [1.54, 1.807) is 0 Å². The Balaban J connectivity index is 1.80. The minimum Gasteiger partial charge on any atom is -0.369 e. The van der Waals surface area contributed by atoms with E-state index in [-0.39, 0.29) is 42.3 Å². The second-order valence-corrected chi connectivity index (χ2v) is 8.50. The van der Waals surface area contributed by atoms with Gasteiger partial charge >= 0.3 is 12.1 Å². The molecule has 4 rings (SSSR count). The highest BCUT2D eigenvalue weighted by Gasteiger charge is 2.37. The molecule has 2 aliphatic rings.